The van der Waals surface area contributed by atoms with Crippen molar-refractivity contribution in [1.29, 1.82) is 0 Å². The Balaban J connectivity index is 2.59. The van der Waals surface area contributed by atoms with E-state index in [0.29, 0.717) is 0 Å². The van der Waals surface area contributed by atoms with Crippen LogP contribution in [0.2, 0.25) is 0 Å². The van der Waals surface area contributed by atoms with Gasteiger partial charge in [0, 0.05) is 6.54 Å². The normalized spacial score (nSPS) is 18.1. The van der Waals surface area contributed by atoms with Gasteiger partial charge in [-0.15, -0.1) is 0 Å². The minimum absolute atomic E-state index is 0.0447. The molecule has 2 heterocycles. The Morgan fingerprint density at radius 3 is 2.94 bits per heavy atom. The second kappa shape index (κ2) is 3.77. The number of nitrogen functional groups attached to an aromatic ring is 1. The van der Waals surface area contributed by atoms with Crippen molar-refractivity contribution in [3.63, 3.8) is 0 Å². The smallest absolute Gasteiger partial charge is 0.328 e. The molecule has 1 atom stereocenters. The van der Waals surface area contributed by atoms with Gasteiger partial charge in [0.25, 0.3) is 5.56 Å². The molecule has 9 nitrogen and oxygen atoms in total. The largest absolute Gasteiger partial charge is 0.480 e. The number of amides is 1. The van der Waals surface area contributed by atoms with Crippen molar-refractivity contribution in [3.8, 4) is 0 Å². The van der Waals surface area contributed by atoms with Crippen LogP contribution < -0.4 is 21.5 Å². The van der Waals surface area contributed by atoms with Crippen LogP contribution in [-0.4, -0.2) is 40.0 Å². The Bertz CT molecular complexity index is 539. The first kappa shape index (κ1) is 10.9. The molecule has 1 aliphatic heterocycles. The van der Waals surface area contributed by atoms with Crippen LogP contribution in [0.1, 0.15) is 0 Å². The van der Waals surface area contributed by atoms with Gasteiger partial charge in [0.05, 0.1) is 0 Å². The molecule has 17 heavy (non-hydrogen) atoms. The second-order valence-corrected chi connectivity index (χ2v) is 3.40. The van der Waals surface area contributed by atoms with Crippen LogP contribution in [0, 0.1) is 0 Å². The summed E-state index contributed by atoms with van der Waals surface area (Å²) in [6.07, 6.45) is 0.283. The zero-order valence-electron chi connectivity index (χ0n) is 8.51. The fourth-order valence-electron chi connectivity index (χ4n) is 1.63. The standard InChI is InChI=1S/C8H9N5O4/c9-8-11-5-4(6(15)12-8)13(2-14)3(1-10-5)7(16)17/h2-3H,1H2,(H,16,17)(H4,9,10,11,12,15). The maximum atomic E-state index is 11.6. The third-order valence-electron chi connectivity index (χ3n) is 2.37. The number of aromatic nitrogens is 2. The molecular formula is C8H9N5O4. The highest BCUT2D eigenvalue weighted by Crippen LogP contribution is 2.24. The lowest BCUT2D eigenvalue weighted by Gasteiger charge is -2.30. The molecule has 0 fully saturated rings. The number of nitrogens with zero attached hydrogens (tertiary/aromatic N) is 2. The number of carboxylic acid groups (broad SMARTS) is 1. The minimum Gasteiger partial charge on any atom is -0.480 e. The van der Waals surface area contributed by atoms with E-state index in [-0.39, 0.29) is 30.4 Å². The maximum Gasteiger partial charge on any atom is 0.328 e. The SMILES string of the molecule is Nc1nc2c(c(=O)[nH]1)N(C=O)C(C(=O)O)CN2. The lowest BCUT2D eigenvalue weighted by molar-refractivity contribution is -0.139. The molecule has 0 spiro atoms. The summed E-state index contributed by atoms with van der Waals surface area (Å²) in [6.45, 7) is -0.0447. The summed E-state index contributed by atoms with van der Waals surface area (Å²) < 4.78 is 0. The Kier molecular flexibility index (Phi) is 2.42. The quantitative estimate of drug-likeness (QED) is 0.446. The summed E-state index contributed by atoms with van der Waals surface area (Å²) in [5, 5.41) is 11.6. The van der Waals surface area contributed by atoms with E-state index in [9.17, 15) is 14.4 Å². The van der Waals surface area contributed by atoms with Crippen molar-refractivity contribution in [3.05, 3.63) is 10.4 Å². The highest BCUT2D eigenvalue weighted by molar-refractivity contribution is 5.93. The van der Waals surface area contributed by atoms with Crippen molar-refractivity contribution in [2.24, 2.45) is 0 Å². The van der Waals surface area contributed by atoms with E-state index in [4.69, 9.17) is 10.8 Å². The molecule has 1 amide bonds. The van der Waals surface area contributed by atoms with E-state index >= 15 is 0 Å². The Hall–Kier alpha value is -2.58. The number of nitrogens with two attached hydrogens (primary N) is 1. The van der Waals surface area contributed by atoms with E-state index in [1.165, 1.54) is 0 Å². The zero-order valence-corrected chi connectivity index (χ0v) is 8.51. The Labute approximate surface area is 94.3 Å². The van der Waals surface area contributed by atoms with Gasteiger partial charge in [-0.25, -0.2) is 4.79 Å². The second-order valence-electron chi connectivity index (χ2n) is 3.40. The van der Waals surface area contributed by atoms with Crippen molar-refractivity contribution in [1.82, 2.24) is 9.97 Å². The van der Waals surface area contributed by atoms with Crippen molar-refractivity contribution < 1.29 is 14.7 Å². The average molecular weight is 239 g/mol. The van der Waals surface area contributed by atoms with Crippen LogP contribution >= 0.6 is 0 Å². The highest BCUT2D eigenvalue weighted by Gasteiger charge is 2.34. The van der Waals surface area contributed by atoms with E-state index in [1.54, 1.807) is 0 Å². The van der Waals surface area contributed by atoms with Crippen molar-refractivity contribution in [2.75, 3.05) is 22.5 Å². The lowest BCUT2D eigenvalue weighted by Crippen LogP contribution is -2.50. The van der Waals surface area contributed by atoms with Crippen LogP contribution in [0.3, 0.4) is 0 Å². The summed E-state index contributed by atoms with van der Waals surface area (Å²) in [5.41, 5.74) is 4.52. The number of carboxylic acids is 1. The van der Waals surface area contributed by atoms with Crippen molar-refractivity contribution in [2.45, 2.75) is 6.04 Å². The lowest BCUT2D eigenvalue weighted by atomic mass is 10.2. The monoisotopic (exact) mass is 239 g/mol. The van der Waals surface area contributed by atoms with Gasteiger partial charge in [0.2, 0.25) is 12.4 Å². The van der Waals surface area contributed by atoms with Gasteiger partial charge in [-0.2, -0.15) is 4.98 Å². The number of hydrogen-bond acceptors (Lipinski definition) is 6. The number of carbonyl (C=O) groups excluding carboxylic acids is 1. The molecule has 0 radical (unpaired) electrons. The summed E-state index contributed by atoms with van der Waals surface area (Å²) >= 11 is 0. The summed E-state index contributed by atoms with van der Waals surface area (Å²) in [5.74, 6) is -1.23. The van der Waals surface area contributed by atoms with Gasteiger partial charge in [0.1, 0.15) is 0 Å². The van der Waals surface area contributed by atoms with Crippen LogP contribution in [-0.2, 0) is 9.59 Å². The zero-order chi connectivity index (χ0) is 12.6. The van der Waals surface area contributed by atoms with Gasteiger partial charge < -0.3 is 16.2 Å². The topological polar surface area (TPSA) is 141 Å². The molecule has 1 aromatic heterocycles. The Morgan fingerprint density at radius 2 is 2.35 bits per heavy atom. The maximum absolute atomic E-state index is 11.6. The van der Waals surface area contributed by atoms with Crippen LogP contribution in [0.4, 0.5) is 17.5 Å². The van der Waals surface area contributed by atoms with E-state index in [1.807, 2.05) is 0 Å². The molecule has 1 aliphatic rings. The first-order valence-corrected chi connectivity index (χ1v) is 4.64. The average Bonchev–Trinajstić information content (AvgIpc) is 2.26. The molecule has 5 N–H and O–H groups in total. The number of hydrogen-bond donors (Lipinski definition) is 4. The predicted molar refractivity (Wildman–Crippen MR) is 57.7 cm³/mol. The molecule has 0 aromatic carbocycles. The molecule has 9 heteroatoms. The third kappa shape index (κ3) is 1.67. The summed E-state index contributed by atoms with van der Waals surface area (Å²) in [7, 11) is 0. The molecule has 0 saturated carbocycles. The van der Waals surface area contributed by atoms with Gasteiger partial charge in [-0.1, -0.05) is 0 Å². The van der Waals surface area contributed by atoms with E-state index in [0.717, 1.165) is 4.90 Å². The van der Waals surface area contributed by atoms with Crippen LogP contribution in [0.25, 0.3) is 0 Å². The number of anilines is 3. The number of fused-ring (bicyclic) bond motifs is 1. The molecule has 0 aliphatic carbocycles. The van der Waals surface area contributed by atoms with Gasteiger partial charge in [-0.3, -0.25) is 19.5 Å². The molecule has 1 aromatic rings. The van der Waals surface area contributed by atoms with E-state index < -0.39 is 17.6 Å². The predicted octanol–water partition coefficient (Wildman–Crippen LogP) is -1.81. The van der Waals surface area contributed by atoms with Crippen LogP contribution in [0.15, 0.2) is 4.79 Å². The molecule has 90 valence electrons. The molecule has 0 bridgehead atoms. The van der Waals surface area contributed by atoms with Gasteiger partial charge in [-0.05, 0) is 0 Å². The molecule has 1 unspecified atom stereocenters. The fraction of sp³-hybridized carbons (Fsp3) is 0.250. The third-order valence-corrected chi connectivity index (χ3v) is 2.37. The number of rotatable bonds is 2. The Morgan fingerprint density at radius 1 is 1.65 bits per heavy atom. The summed E-state index contributed by atoms with van der Waals surface area (Å²) in [4.78, 5) is 40.2. The van der Waals surface area contributed by atoms with E-state index in [2.05, 4.69) is 15.3 Å². The highest BCUT2D eigenvalue weighted by atomic mass is 16.4. The number of H-pyrrole nitrogens is 1. The number of nitrogens with one attached hydrogen (secondary N) is 2. The molecule has 2 rings (SSSR count). The number of aliphatic carboxylic acids is 1. The van der Waals surface area contributed by atoms with Crippen molar-refractivity contribution >= 4 is 29.8 Å². The first-order valence-electron chi connectivity index (χ1n) is 4.64. The molecule has 0 saturated heterocycles. The summed E-state index contributed by atoms with van der Waals surface area (Å²) in [6, 6.07) is -1.15. The van der Waals surface area contributed by atoms with Gasteiger partial charge in [0.15, 0.2) is 17.5 Å². The number of aromatic amines is 1. The number of carbonyl (C=O) groups is 2. The molecular weight excluding hydrogens is 230 g/mol. The minimum atomic E-state index is -1.22. The fourth-order valence-corrected chi connectivity index (χ4v) is 1.63. The first-order chi connectivity index (χ1) is 8.04. The van der Waals surface area contributed by atoms with Crippen LogP contribution in [0.5, 0.6) is 0 Å². The van der Waals surface area contributed by atoms with Gasteiger partial charge >= 0.3 is 5.97 Å².